The Morgan fingerprint density at radius 3 is 1.61 bits per heavy atom. The molecule has 0 spiro atoms. The number of amides is 1. The number of anilines is 1. The van der Waals surface area contributed by atoms with Crippen molar-refractivity contribution in [2.45, 2.75) is 31.5 Å². The van der Waals surface area contributed by atoms with E-state index in [1.54, 1.807) is 13.0 Å². The van der Waals surface area contributed by atoms with Gasteiger partial charge in [0.2, 0.25) is 12.2 Å². The van der Waals surface area contributed by atoms with Crippen molar-refractivity contribution in [1.82, 2.24) is 0 Å². The molecule has 3 rings (SSSR count). The largest absolute Gasteiger partial charge is 0.478 e. The second-order valence-corrected chi connectivity index (χ2v) is 8.51. The number of esters is 2. The maximum absolute atomic E-state index is 13.1. The molecular weight excluding hydrogens is 564 g/mol. The zero-order valence-corrected chi connectivity index (χ0v) is 20.7. The molecule has 0 heterocycles. The Kier molecular flexibility index (Phi) is 9.05. The second-order valence-electron chi connectivity index (χ2n) is 8.51. The minimum Gasteiger partial charge on any atom is -0.478 e. The fourth-order valence-electron chi connectivity index (χ4n) is 3.44. The molecule has 0 unspecified atom stereocenters. The van der Waals surface area contributed by atoms with Crippen LogP contribution < -0.4 is 5.32 Å². The molecule has 0 radical (unpaired) electrons. The third-order valence-corrected chi connectivity index (χ3v) is 5.38. The predicted molar refractivity (Wildman–Crippen MR) is 129 cm³/mol. The molecule has 216 valence electrons. The highest BCUT2D eigenvalue weighted by molar-refractivity contribution is 6.01. The van der Waals surface area contributed by atoms with Gasteiger partial charge in [-0.15, -0.1) is 0 Å². The molecule has 1 amide bonds. The van der Waals surface area contributed by atoms with Gasteiger partial charge in [-0.05, 0) is 61.0 Å². The first-order valence-corrected chi connectivity index (χ1v) is 11.4. The monoisotopic (exact) mass is 583 g/mol. The normalized spacial score (nSPS) is 13.0. The molecular formula is C27H19F6NO7. The van der Waals surface area contributed by atoms with E-state index < -0.39 is 70.6 Å². The molecule has 0 aliphatic rings. The van der Waals surface area contributed by atoms with E-state index in [2.05, 4.69) is 5.32 Å². The SMILES string of the molecule is Cc1cccc(NC(=O)[C@H](OC(=O)c2cccc(C(F)(F)F)c2)[C@H](OC(=O)c2cccc(C(F)(F)F)c2)C(=O)O)c1. The van der Waals surface area contributed by atoms with Gasteiger partial charge in [0, 0.05) is 5.69 Å². The average Bonchev–Trinajstić information content (AvgIpc) is 2.89. The lowest BCUT2D eigenvalue weighted by molar-refractivity contribution is -0.157. The third-order valence-electron chi connectivity index (χ3n) is 5.38. The summed E-state index contributed by atoms with van der Waals surface area (Å²) in [6.45, 7) is 1.65. The summed E-state index contributed by atoms with van der Waals surface area (Å²) in [5.41, 5.74) is -3.24. The van der Waals surface area contributed by atoms with Crippen LogP contribution in [0.15, 0.2) is 72.8 Å². The molecule has 0 bridgehead atoms. The zero-order chi connectivity index (χ0) is 30.5. The van der Waals surface area contributed by atoms with Crippen LogP contribution in [0.4, 0.5) is 32.0 Å². The van der Waals surface area contributed by atoms with Gasteiger partial charge in [0.05, 0.1) is 22.3 Å². The Hall–Kier alpha value is -4.88. The van der Waals surface area contributed by atoms with Crippen molar-refractivity contribution in [3.63, 3.8) is 0 Å². The van der Waals surface area contributed by atoms with E-state index in [9.17, 15) is 50.6 Å². The van der Waals surface area contributed by atoms with Gasteiger partial charge in [-0.3, -0.25) is 4.79 Å². The highest BCUT2D eigenvalue weighted by atomic mass is 19.4. The number of aliphatic carboxylic acids is 1. The molecule has 8 nitrogen and oxygen atoms in total. The second kappa shape index (κ2) is 12.1. The lowest BCUT2D eigenvalue weighted by atomic mass is 10.1. The number of carboxylic acids is 1. The summed E-state index contributed by atoms with van der Waals surface area (Å²) >= 11 is 0. The van der Waals surface area contributed by atoms with Crippen molar-refractivity contribution in [2.75, 3.05) is 5.32 Å². The Bertz CT molecular complexity index is 1470. The molecule has 2 N–H and O–H groups in total. The Labute approximate surface area is 227 Å². The fraction of sp³-hybridized carbons (Fsp3) is 0.185. The lowest BCUT2D eigenvalue weighted by Gasteiger charge is -2.24. The van der Waals surface area contributed by atoms with E-state index in [4.69, 9.17) is 9.47 Å². The van der Waals surface area contributed by atoms with Crippen molar-refractivity contribution in [2.24, 2.45) is 0 Å². The van der Waals surface area contributed by atoms with Crippen molar-refractivity contribution in [1.29, 1.82) is 0 Å². The number of hydrogen-bond acceptors (Lipinski definition) is 6. The van der Waals surface area contributed by atoms with E-state index >= 15 is 0 Å². The van der Waals surface area contributed by atoms with Crippen LogP contribution in [0, 0.1) is 6.92 Å². The number of rotatable bonds is 8. The minimum absolute atomic E-state index is 0.0865. The number of carbonyl (C=O) groups excluding carboxylic acids is 3. The van der Waals surface area contributed by atoms with Gasteiger partial charge in [0.15, 0.2) is 0 Å². The standard InChI is InChI=1S/C27H19F6NO7/c1-14-5-2-10-19(11-14)34-22(35)20(40-24(38)15-6-3-8-17(12-15)26(28,29)30)21(23(36)37)41-25(39)16-7-4-9-18(13-16)27(31,32)33/h2-13,20-21H,1H3,(H,34,35)(H,36,37)/t20-,21+/m1/s1. The quantitative estimate of drug-likeness (QED) is 0.265. The summed E-state index contributed by atoms with van der Waals surface area (Å²) in [6.07, 6.45) is -14.8. The zero-order valence-electron chi connectivity index (χ0n) is 20.7. The predicted octanol–water partition coefficient (Wildman–Crippen LogP) is 5.51. The minimum atomic E-state index is -4.86. The molecule has 14 heteroatoms. The molecule has 0 saturated carbocycles. The topological polar surface area (TPSA) is 119 Å². The van der Waals surface area contributed by atoms with E-state index in [1.165, 1.54) is 18.2 Å². The van der Waals surface area contributed by atoms with Crippen molar-refractivity contribution in [3.8, 4) is 0 Å². The van der Waals surface area contributed by atoms with E-state index in [-0.39, 0.29) is 5.69 Å². The number of alkyl halides is 6. The van der Waals surface area contributed by atoms with Gasteiger partial charge in [-0.25, -0.2) is 14.4 Å². The van der Waals surface area contributed by atoms with Crippen LogP contribution in [-0.4, -0.2) is 41.1 Å². The Balaban J connectivity index is 1.97. The molecule has 0 aliphatic heterocycles. The van der Waals surface area contributed by atoms with Crippen LogP contribution in [0.3, 0.4) is 0 Å². The van der Waals surface area contributed by atoms with Crippen LogP contribution >= 0.6 is 0 Å². The van der Waals surface area contributed by atoms with Crippen LogP contribution in [-0.2, 0) is 31.4 Å². The number of hydrogen-bond donors (Lipinski definition) is 2. The third kappa shape index (κ3) is 8.06. The number of carbonyl (C=O) groups is 4. The maximum atomic E-state index is 13.1. The van der Waals surface area contributed by atoms with Crippen LogP contribution in [0.2, 0.25) is 0 Å². The maximum Gasteiger partial charge on any atom is 0.416 e. The molecule has 0 saturated heterocycles. The fourth-order valence-corrected chi connectivity index (χ4v) is 3.44. The van der Waals surface area contributed by atoms with Gasteiger partial charge in [0.1, 0.15) is 0 Å². The molecule has 0 fully saturated rings. The first-order valence-electron chi connectivity index (χ1n) is 11.4. The van der Waals surface area contributed by atoms with Crippen molar-refractivity contribution < 1.29 is 60.1 Å². The number of nitrogens with one attached hydrogen (secondary N) is 1. The number of halogens is 6. The summed E-state index contributed by atoms with van der Waals surface area (Å²) in [5.74, 6) is -6.61. The summed E-state index contributed by atoms with van der Waals surface area (Å²) < 4.78 is 88.3. The van der Waals surface area contributed by atoms with E-state index in [1.807, 2.05) is 0 Å². The summed E-state index contributed by atoms with van der Waals surface area (Å²) in [5, 5.41) is 12.0. The average molecular weight is 583 g/mol. The summed E-state index contributed by atoms with van der Waals surface area (Å²) in [4.78, 5) is 50.6. The van der Waals surface area contributed by atoms with E-state index in [0.29, 0.717) is 29.8 Å². The molecule has 41 heavy (non-hydrogen) atoms. The number of aryl methyl sites for hydroxylation is 1. The van der Waals surface area contributed by atoms with Crippen LogP contribution in [0.25, 0.3) is 0 Å². The molecule has 0 aliphatic carbocycles. The molecule has 2 atom stereocenters. The highest BCUT2D eigenvalue weighted by Gasteiger charge is 2.42. The first kappa shape index (κ1) is 30.7. The highest BCUT2D eigenvalue weighted by Crippen LogP contribution is 2.31. The van der Waals surface area contributed by atoms with Crippen LogP contribution in [0.1, 0.15) is 37.4 Å². The van der Waals surface area contributed by atoms with Gasteiger partial charge >= 0.3 is 30.3 Å². The molecule has 3 aromatic rings. The van der Waals surface area contributed by atoms with E-state index in [0.717, 1.165) is 24.3 Å². The van der Waals surface area contributed by atoms with Crippen molar-refractivity contribution >= 4 is 29.5 Å². The van der Waals surface area contributed by atoms with Gasteiger partial charge in [-0.1, -0.05) is 24.3 Å². The molecule has 3 aromatic carbocycles. The first-order chi connectivity index (χ1) is 19.1. The Morgan fingerprint density at radius 1 is 0.707 bits per heavy atom. The smallest absolute Gasteiger partial charge is 0.416 e. The lowest BCUT2D eigenvalue weighted by Crippen LogP contribution is -2.48. The van der Waals surface area contributed by atoms with Gasteiger partial charge in [0.25, 0.3) is 5.91 Å². The number of carboxylic acid groups (broad SMARTS) is 1. The van der Waals surface area contributed by atoms with Crippen molar-refractivity contribution in [3.05, 3.63) is 101 Å². The summed E-state index contributed by atoms with van der Waals surface area (Å²) in [6, 6.07) is 11.5. The number of ether oxygens (including phenoxy) is 2. The van der Waals surface area contributed by atoms with Crippen LogP contribution in [0.5, 0.6) is 0 Å². The van der Waals surface area contributed by atoms with Gasteiger partial charge in [-0.2, -0.15) is 26.3 Å². The number of benzene rings is 3. The summed E-state index contributed by atoms with van der Waals surface area (Å²) in [7, 11) is 0. The van der Waals surface area contributed by atoms with Gasteiger partial charge < -0.3 is 19.9 Å². The Morgan fingerprint density at radius 2 is 1.17 bits per heavy atom. The molecule has 0 aromatic heterocycles.